The van der Waals surface area contributed by atoms with E-state index in [1.165, 1.54) is 6.07 Å². The third-order valence-corrected chi connectivity index (χ3v) is 3.05. The number of rotatable bonds is 7. The third-order valence-electron chi connectivity index (χ3n) is 3.05. The lowest BCUT2D eigenvalue weighted by Gasteiger charge is -2.13. The van der Waals surface area contributed by atoms with Crippen LogP contribution in [0.2, 0.25) is 0 Å². The lowest BCUT2D eigenvalue weighted by atomic mass is 10.2. The van der Waals surface area contributed by atoms with Gasteiger partial charge >= 0.3 is 5.97 Å². The Bertz CT molecular complexity index is 690. The molecule has 122 valence electrons. The van der Waals surface area contributed by atoms with Gasteiger partial charge in [-0.3, -0.25) is 4.79 Å². The highest BCUT2D eigenvalue weighted by Gasteiger charge is 2.15. The predicted octanol–water partition coefficient (Wildman–Crippen LogP) is 2.94. The van der Waals surface area contributed by atoms with Crippen molar-refractivity contribution in [2.45, 2.75) is 20.4 Å². The fraction of sp³-hybridized carbons (Fsp3) is 0.294. The van der Waals surface area contributed by atoms with Crippen LogP contribution in [0.4, 0.5) is 0 Å². The van der Waals surface area contributed by atoms with Crippen LogP contribution in [-0.2, 0) is 6.54 Å². The minimum absolute atomic E-state index is 0.0389. The van der Waals surface area contributed by atoms with Gasteiger partial charge in [-0.1, -0.05) is 32.0 Å². The van der Waals surface area contributed by atoms with Crippen molar-refractivity contribution in [1.82, 2.24) is 5.32 Å². The molecule has 2 N–H and O–H groups in total. The van der Waals surface area contributed by atoms with Crippen LogP contribution in [0, 0.1) is 5.92 Å². The fourth-order valence-electron chi connectivity index (χ4n) is 1.88. The van der Waals surface area contributed by atoms with Crippen molar-refractivity contribution in [3.05, 3.63) is 53.5 Å². The Morgan fingerprint density at radius 1 is 1.30 bits per heavy atom. The number of hydrogen-bond donors (Lipinski definition) is 2. The summed E-state index contributed by atoms with van der Waals surface area (Å²) < 4.78 is 10.7. The molecule has 1 heterocycles. The zero-order valence-corrected chi connectivity index (χ0v) is 13.0. The van der Waals surface area contributed by atoms with Crippen molar-refractivity contribution in [1.29, 1.82) is 0 Å². The number of ether oxygens (including phenoxy) is 1. The molecule has 0 radical (unpaired) electrons. The number of carboxylic acids is 1. The molecular formula is C17H19NO5. The smallest absolute Gasteiger partial charge is 0.338 e. The van der Waals surface area contributed by atoms with Crippen LogP contribution in [0.3, 0.4) is 0 Å². The van der Waals surface area contributed by atoms with E-state index in [9.17, 15) is 9.59 Å². The van der Waals surface area contributed by atoms with Gasteiger partial charge in [0.05, 0.1) is 12.2 Å². The monoisotopic (exact) mass is 317 g/mol. The Balaban J connectivity index is 1.99. The van der Waals surface area contributed by atoms with Gasteiger partial charge in [-0.2, -0.15) is 0 Å². The number of benzene rings is 1. The highest BCUT2D eigenvalue weighted by molar-refractivity contribution is 5.95. The number of nitrogens with one attached hydrogen (secondary N) is 1. The number of amides is 1. The highest BCUT2D eigenvalue weighted by atomic mass is 16.5. The molecule has 1 amide bonds. The van der Waals surface area contributed by atoms with Gasteiger partial charge in [0.1, 0.15) is 12.0 Å². The minimum atomic E-state index is -1.14. The van der Waals surface area contributed by atoms with Crippen molar-refractivity contribution in [2.24, 2.45) is 5.92 Å². The lowest BCUT2D eigenvalue weighted by Crippen LogP contribution is -2.22. The Morgan fingerprint density at radius 2 is 2.04 bits per heavy atom. The Kier molecular flexibility index (Phi) is 5.41. The van der Waals surface area contributed by atoms with Crippen molar-refractivity contribution >= 4 is 11.9 Å². The molecule has 6 heteroatoms. The summed E-state index contributed by atoms with van der Waals surface area (Å²) in [7, 11) is 0. The summed E-state index contributed by atoms with van der Waals surface area (Å²) in [5, 5.41) is 11.5. The second-order valence-electron chi connectivity index (χ2n) is 5.50. The normalized spacial score (nSPS) is 10.6. The molecule has 0 saturated carbocycles. The molecule has 2 aromatic rings. The predicted molar refractivity (Wildman–Crippen MR) is 83.6 cm³/mol. The SMILES string of the molecule is CC(C)COc1ccccc1CNC(=O)c1cc(C(=O)O)co1. The van der Waals surface area contributed by atoms with Gasteiger partial charge in [0.15, 0.2) is 5.76 Å². The Labute approximate surface area is 134 Å². The van der Waals surface area contributed by atoms with Crippen LogP contribution >= 0.6 is 0 Å². The van der Waals surface area contributed by atoms with Crippen LogP contribution in [0.1, 0.15) is 40.3 Å². The molecule has 23 heavy (non-hydrogen) atoms. The van der Waals surface area contributed by atoms with Gasteiger partial charge < -0.3 is 19.6 Å². The molecule has 0 saturated heterocycles. The summed E-state index contributed by atoms with van der Waals surface area (Å²) in [6.07, 6.45) is 1.04. The van der Waals surface area contributed by atoms with E-state index in [4.69, 9.17) is 14.3 Å². The van der Waals surface area contributed by atoms with E-state index in [-0.39, 0.29) is 17.9 Å². The lowest BCUT2D eigenvalue weighted by molar-refractivity contribution is 0.0696. The number of carbonyl (C=O) groups is 2. The van der Waals surface area contributed by atoms with Gasteiger partial charge in [-0.05, 0) is 12.0 Å². The van der Waals surface area contributed by atoms with E-state index < -0.39 is 11.9 Å². The zero-order valence-electron chi connectivity index (χ0n) is 13.0. The summed E-state index contributed by atoms with van der Waals surface area (Å²) >= 11 is 0. The molecule has 0 aliphatic carbocycles. The van der Waals surface area contributed by atoms with E-state index >= 15 is 0 Å². The number of para-hydroxylation sites is 1. The van der Waals surface area contributed by atoms with Crippen LogP contribution in [-0.4, -0.2) is 23.6 Å². The maximum atomic E-state index is 12.0. The number of furan rings is 1. The van der Waals surface area contributed by atoms with Crippen molar-refractivity contribution < 1.29 is 23.8 Å². The summed E-state index contributed by atoms with van der Waals surface area (Å²) in [6, 6.07) is 8.63. The first-order valence-corrected chi connectivity index (χ1v) is 7.28. The molecule has 6 nitrogen and oxygen atoms in total. The topological polar surface area (TPSA) is 88.8 Å². The van der Waals surface area contributed by atoms with Crippen LogP contribution < -0.4 is 10.1 Å². The first-order chi connectivity index (χ1) is 11.0. The van der Waals surface area contributed by atoms with Gasteiger partial charge in [0, 0.05) is 18.2 Å². The maximum absolute atomic E-state index is 12.0. The standard InChI is InChI=1S/C17H19NO5/c1-11(2)9-22-14-6-4-3-5-12(14)8-18-16(19)15-7-13(10-23-15)17(20)21/h3-7,10-11H,8-9H2,1-2H3,(H,18,19)(H,20,21). The van der Waals surface area contributed by atoms with E-state index in [0.29, 0.717) is 18.3 Å². The summed E-state index contributed by atoms with van der Waals surface area (Å²) in [5.41, 5.74) is 0.780. The van der Waals surface area contributed by atoms with Crippen molar-refractivity contribution in [3.63, 3.8) is 0 Å². The second kappa shape index (κ2) is 7.49. The van der Waals surface area contributed by atoms with Gasteiger partial charge in [0.25, 0.3) is 5.91 Å². The quantitative estimate of drug-likeness (QED) is 0.819. The molecule has 1 aromatic heterocycles. The molecule has 0 unspecified atom stereocenters. The molecule has 0 aliphatic heterocycles. The summed E-state index contributed by atoms with van der Waals surface area (Å²) in [4.78, 5) is 22.8. The molecule has 2 rings (SSSR count). The van der Waals surface area contributed by atoms with Gasteiger partial charge in [0.2, 0.25) is 0 Å². The van der Waals surface area contributed by atoms with E-state index in [0.717, 1.165) is 11.8 Å². The number of hydrogen-bond acceptors (Lipinski definition) is 4. The van der Waals surface area contributed by atoms with E-state index in [2.05, 4.69) is 19.2 Å². The molecule has 1 aromatic carbocycles. The summed E-state index contributed by atoms with van der Waals surface area (Å²) in [6.45, 7) is 4.96. The number of aromatic carboxylic acids is 1. The third kappa shape index (κ3) is 4.60. The van der Waals surface area contributed by atoms with Gasteiger partial charge in [-0.25, -0.2) is 4.79 Å². The fourth-order valence-corrected chi connectivity index (χ4v) is 1.88. The Hall–Kier alpha value is -2.76. The average Bonchev–Trinajstić information content (AvgIpc) is 3.01. The number of carbonyl (C=O) groups excluding carboxylic acids is 1. The number of carboxylic acid groups (broad SMARTS) is 1. The largest absolute Gasteiger partial charge is 0.493 e. The molecule has 0 spiro atoms. The highest BCUT2D eigenvalue weighted by Crippen LogP contribution is 2.19. The molecular weight excluding hydrogens is 298 g/mol. The van der Waals surface area contributed by atoms with E-state index in [1.54, 1.807) is 0 Å². The molecule has 0 fully saturated rings. The molecule has 0 bridgehead atoms. The average molecular weight is 317 g/mol. The maximum Gasteiger partial charge on any atom is 0.338 e. The minimum Gasteiger partial charge on any atom is -0.493 e. The van der Waals surface area contributed by atoms with Gasteiger partial charge in [-0.15, -0.1) is 0 Å². The zero-order chi connectivity index (χ0) is 16.8. The van der Waals surface area contributed by atoms with E-state index in [1.807, 2.05) is 24.3 Å². The first kappa shape index (κ1) is 16.6. The summed E-state index contributed by atoms with van der Waals surface area (Å²) in [5.74, 6) is -0.540. The van der Waals surface area contributed by atoms with Crippen LogP contribution in [0.15, 0.2) is 41.0 Å². The first-order valence-electron chi connectivity index (χ1n) is 7.28. The van der Waals surface area contributed by atoms with Crippen molar-refractivity contribution in [2.75, 3.05) is 6.61 Å². The van der Waals surface area contributed by atoms with Crippen molar-refractivity contribution in [3.8, 4) is 5.75 Å². The molecule has 0 aliphatic rings. The van der Waals surface area contributed by atoms with Crippen LogP contribution in [0.25, 0.3) is 0 Å². The second-order valence-corrected chi connectivity index (χ2v) is 5.50. The molecule has 0 atom stereocenters. The Morgan fingerprint density at radius 3 is 2.70 bits per heavy atom. The van der Waals surface area contributed by atoms with Crippen LogP contribution in [0.5, 0.6) is 5.75 Å².